The first kappa shape index (κ1) is 17.0. The van der Waals surface area contributed by atoms with Gasteiger partial charge in [-0.15, -0.1) is 0 Å². The van der Waals surface area contributed by atoms with Gasteiger partial charge in [-0.1, -0.05) is 26.7 Å². The smallest absolute Gasteiger partial charge is 0.151 e. The van der Waals surface area contributed by atoms with Crippen molar-refractivity contribution in [2.24, 2.45) is 11.8 Å². The van der Waals surface area contributed by atoms with Gasteiger partial charge in [0.2, 0.25) is 0 Å². The van der Waals surface area contributed by atoms with E-state index in [9.17, 15) is 8.42 Å². The quantitative estimate of drug-likeness (QED) is 0.710. The Kier molecular flexibility index (Phi) is 7.37. The molecule has 1 aliphatic rings. The summed E-state index contributed by atoms with van der Waals surface area (Å²) >= 11 is 0. The fourth-order valence-electron chi connectivity index (χ4n) is 2.77. The van der Waals surface area contributed by atoms with E-state index in [0.717, 1.165) is 25.2 Å². The lowest BCUT2D eigenvalue weighted by Gasteiger charge is -2.15. The van der Waals surface area contributed by atoms with E-state index in [0.29, 0.717) is 30.0 Å². The first-order valence-electron chi connectivity index (χ1n) is 7.83. The maximum absolute atomic E-state index is 12.0. The molecule has 1 fully saturated rings. The largest absolute Gasteiger partial charge is 0.313 e. The van der Waals surface area contributed by atoms with Crippen molar-refractivity contribution in [2.45, 2.75) is 65.3 Å². The molecule has 1 aliphatic carbocycles. The summed E-state index contributed by atoms with van der Waals surface area (Å²) in [6.45, 7) is 7.19. The average molecular weight is 289 g/mol. The Morgan fingerprint density at radius 2 is 1.74 bits per heavy atom. The highest BCUT2D eigenvalue weighted by Crippen LogP contribution is 2.26. The SMILES string of the molecule is CC(C)CCC(C)NCCS(=O)(=O)CC1CCCC1. The van der Waals surface area contributed by atoms with E-state index in [2.05, 4.69) is 26.1 Å². The lowest BCUT2D eigenvalue weighted by molar-refractivity contribution is 0.458. The zero-order chi connectivity index (χ0) is 14.3. The van der Waals surface area contributed by atoms with Crippen LogP contribution in [-0.4, -0.2) is 32.5 Å². The Balaban J connectivity index is 2.16. The van der Waals surface area contributed by atoms with Gasteiger partial charge in [0.05, 0.1) is 11.5 Å². The van der Waals surface area contributed by atoms with Crippen LogP contribution < -0.4 is 5.32 Å². The second-order valence-electron chi connectivity index (χ2n) is 6.59. The fraction of sp³-hybridized carbons (Fsp3) is 1.00. The molecule has 1 saturated carbocycles. The van der Waals surface area contributed by atoms with Gasteiger partial charge in [0, 0.05) is 12.6 Å². The minimum Gasteiger partial charge on any atom is -0.313 e. The van der Waals surface area contributed by atoms with E-state index in [1.54, 1.807) is 0 Å². The van der Waals surface area contributed by atoms with Crippen molar-refractivity contribution in [1.29, 1.82) is 0 Å². The Morgan fingerprint density at radius 3 is 2.32 bits per heavy atom. The summed E-state index contributed by atoms with van der Waals surface area (Å²) in [7, 11) is -2.85. The Labute approximate surface area is 119 Å². The fourth-order valence-corrected chi connectivity index (χ4v) is 4.41. The van der Waals surface area contributed by atoms with Crippen molar-refractivity contribution in [1.82, 2.24) is 5.32 Å². The van der Waals surface area contributed by atoms with Crippen LogP contribution >= 0.6 is 0 Å². The predicted octanol–water partition coefficient (Wildman–Crippen LogP) is 3.01. The number of hydrogen-bond acceptors (Lipinski definition) is 3. The Hall–Kier alpha value is -0.0900. The molecule has 1 rings (SSSR count). The molecule has 0 aromatic carbocycles. The number of sulfone groups is 1. The molecule has 0 aliphatic heterocycles. The van der Waals surface area contributed by atoms with Gasteiger partial charge in [-0.05, 0) is 44.4 Å². The molecule has 0 saturated heterocycles. The molecule has 19 heavy (non-hydrogen) atoms. The summed E-state index contributed by atoms with van der Waals surface area (Å²) in [5, 5.41) is 3.34. The maximum atomic E-state index is 12.0. The van der Waals surface area contributed by atoms with Gasteiger partial charge in [0.15, 0.2) is 9.84 Å². The summed E-state index contributed by atoms with van der Waals surface area (Å²) < 4.78 is 24.0. The van der Waals surface area contributed by atoms with E-state index in [1.165, 1.54) is 19.3 Å². The highest BCUT2D eigenvalue weighted by atomic mass is 32.2. The Morgan fingerprint density at radius 1 is 1.11 bits per heavy atom. The van der Waals surface area contributed by atoms with Gasteiger partial charge in [0.25, 0.3) is 0 Å². The third-order valence-corrected chi connectivity index (χ3v) is 5.85. The van der Waals surface area contributed by atoms with Crippen LogP contribution in [0.2, 0.25) is 0 Å². The molecular formula is C15H31NO2S. The molecule has 0 amide bonds. The third kappa shape index (κ3) is 7.93. The zero-order valence-electron chi connectivity index (χ0n) is 12.8. The van der Waals surface area contributed by atoms with Crippen LogP contribution in [0, 0.1) is 11.8 Å². The van der Waals surface area contributed by atoms with Crippen molar-refractivity contribution < 1.29 is 8.42 Å². The monoisotopic (exact) mass is 289 g/mol. The van der Waals surface area contributed by atoms with Crippen molar-refractivity contribution in [3.8, 4) is 0 Å². The second kappa shape index (κ2) is 8.25. The van der Waals surface area contributed by atoms with Crippen molar-refractivity contribution in [2.75, 3.05) is 18.1 Å². The average Bonchev–Trinajstić information content (AvgIpc) is 2.78. The minimum atomic E-state index is -2.85. The topological polar surface area (TPSA) is 46.2 Å². The van der Waals surface area contributed by atoms with Crippen LogP contribution in [0.15, 0.2) is 0 Å². The van der Waals surface area contributed by atoms with Gasteiger partial charge in [-0.2, -0.15) is 0 Å². The van der Waals surface area contributed by atoms with Crippen LogP contribution in [0.3, 0.4) is 0 Å². The summed E-state index contributed by atoms with van der Waals surface area (Å²) in [5.74, 6) is 1.86. The highest BCUT2D eigenvalue weighted by molar-refractivity contribution is 7.91. The molecule has 0 spiro atoms. The molecule has 0 heterocycles. The van der Waals surface area contributed by atoms with Crippen LogP contribution in [0.25, 0.3) is 0 Å². The lowest BCUT2D eigenvalue weighted by atomic mass is 10.0. The number of hydrogen-bond donors (Lipinski definition) is 1. The standard InChI is InChI=1S/C15H31NO2S/c1-13(2)8-9-14(3)16-10-11-19(17,18)12-15-6-4-5-7-15/h13-16H,4-12H2,1-3H3. The molecule has 0 aromatic heterocycles. The van der Waals surface area contributed by atoms with E-state index >= 15 is 0 Å². The van der Waals surface area contributed by atoms with Crippen LogP contribution in [-0.2, 0) is 9.84 Å². The second-order valence-corrected chi connectivity index (χ2v) is 8.82. The highest BCUT2D eigenvalue weighted by Gasteiger charge is 2.22. The number of nitrogens with one attached hydrogen (secondary N) is 1. The molecule has 1 unspecified atom stereocenters. The molecule has 0 aromatic rings. The molecule has 4 heteroatoms. The van der Waals surface area contributed by atoms with E-state index in [4.69, 9.17) is 0 Å². The third-order valence-electron chi connectivity index (χ3n) is 4.05. The van der Waals surface area contributed by atoms with Gasteiger partial charge in [-0.25, -0.2) is 8.42 Å². The van der Waals surface area contributed by atoms with Gasteiger partial charge >= 0.3 is 0 Å². The molecule has 3 nitrogen and oxygen atoms in total. The van der Waals surface area contributed by atoms with Crippen molar-refractivity contribution in [3.63, 3.8) is 0 Å². The predicted molar refractivity (Wildman–Crippen MR) is 82.1 cm³/mol. The van der Waals surface area contributed by atoms with Crippen LogP contribution in [0.1, 0.15) is 59.3 Å². The van der Waals surface area contributed by atoms with E-state index in [1.807, 2.05) is 0 Å². The summed E-state index contributed by atoms with van der Waals surface area (Å²) in [6, 6.07) is 0.420. The van der Waals surface area contributed by atoms with Gasteiger partial charge < -0.3 is 5.32 Å². The first-order valence-corrected chi connectivity index (χ1v) is 9.65. The van der Waals surface area contributed by atoms with E-state index in [-0.39, 0.29) is 0 Å². The summed E-state index contributed by atoms with van der Waals surface area (Å²) in [6.07, 6.45) is 6.97. The minimum absolute atomic E-state index is 0.301. The van der Waals surface area contributed by atoms with Gasteiger partial charge in [-0.3, -0.25) is 0 Å². The molecule has 0 radical (unpaired) electrons. The van der Waals surface area contributed by atoms with E-state index < -0.39 is 9.84 Å². The lowest BCUT2D eigenvalue weighted by Crippen LogP contribution is -2.32. The number of rotatable bonds is 9. The maximum Gasteiger partial charge on any atom is 0.151 e. The molecule has 0 bridgehead atoms. The molecular weight excluding hydrogens is 258 g/mol. The summed E-state index contributed by atoms with van der Waals surface area (Å²) in [5.41, 5.74) is 0. The first-order chi connectivity index (χ1) is 8.89. The zero-order valence-corrected chi connectivity index (χ0v) is 13.6. The summed E-state index contributed by atoms with van der Waals surface area (Å²) in [4.78, 5) is 0. The van der Waals surface area contributed by atoms with Crippen molar-refractivity contribution in [3.05, 3.63) is 0 Å². The van der Waals surface area contributed by atoms with Crippen LogP contribution in [0.5, 0.6) is 0 Å². The molecule has 1 N–H and O–H groups in total. The molecule has 1 atom stereocenters. The molecule has 114 valence electrons. The normalized spacial score (nSPS) is 19.2. The van der Waals surface area contributed by atoms with Gasteiger partial charge in [0.1, 0.15) is 0 Å². The van der Waals surface area contributed by atoms with Crippen molar-refractivity contribution >= 4 is 9.84 Å². The Bertz CT molecular complexity index is 332. The van der Waals surface area contributed by atoms with Crippen LogP contribution in [0.4, 0.5) is 0 Å².